The van der Waals surface area contributed by atoms with Crippen molar-refractivity contribution in [2.45, 2.75) is 11.7 Å². The molecule has 1 aliphatic heterocycles. The number of carboxylic acid groups (broad SMARTS) is 1. The first-order chi connectivity index (χ1) is 13.5. The Hall–Kier alpha value is -3.46. The number of thioether (sulfide) groups is 1. The normalized spacial score (nSPS) is 17.6. The molecule has 2 aromatic rings. The van der Waals surface area contributed by atoms with Crippen LogP contribution >= 0.6 is 11.8 Å². The Balaban J connectivity index is 1.62. The van der Waals surface area contributed by atoms with E-state index in [0.717, 1.165) is 11.8 Å². The molecule has 1 amide bonds. The van der Waals surface area contributed by atoms with Crippen LogP contribution in [-0.4, -0.2) is 39.6 Å². The Kier molecular flexibility index (Phi) is 6.18. The lowest BCUT2D eigenvalue weighted by Crippen LogP contribution is -2.26. The van der Waals surface area contributed by atoms with E-state index in [4.69, 9.17) is 9.84 Å². The second kappa shape index (κ2) is 8.96. The molecule has 2 N–H and O–H groups in total. The van der Waals surface area contributed by atoms with Crippen LogP contribution < -0.4 is 10.1 Å². The highest BCUT2D eigenvalue weighted by Gasteiger charge is 2.32. The first-order valence-electron chi connectivity index (χ1n) is 8.19. The van der Waals surface area contributed by atoms with Crippen molar-refractivity contribution in [2.24, 2.45) is 10.2 Å². The molecule has 0 saturated carbocycles. The molecule has 9 heteroatoms. The van der Waals surface area contributed by atoms with E-state index < -0.39 is 23.1 Å². The summed E-state index contributed by atoms with van der Waals surface area (Å²) in [5, 5.41) is 18.5. The molecule has 3 rings (SSSR count). The van der Waals surface area contributed by atoms with Gasteiger partial charge in [0.15, 0.2) is 5.17 Å². The fourth-order valence-corrected chi connectivity index (χ4v) is 3.21. The predicted octanol–water partition coefficient (Wildman–Crippen LogP) is 2.30. The number of esters is 1. The number of amides is 1. The molecule has 0 aromatic heterocycles. The van der Waals surface area contributed by atoms with Gasteiger partial charge in [0.05, 0.1) is 18.2 Å². The largest absolute Gasteiger partial charge is 0.481 e. The lowest BCUT2D eigenvalue weighted by atomic mass is 10.2. The molecule has 0 spiro atoms. The van der Waals surface area contributed by atoms with Crippen molar-refractivity contribution >= 4 is 41.0 Å². The van der Waals surface area contributed by atoms with E-state index in [1.807, 2.05) is 6.07 Å². The summed E-state index contributed by atoms with van der Waals surface area (Å²) >= 11 is 1.02. The van der Waals surface area contributed by atoms with Gasteiger partial charge in [-0.25, -0.2) is 4.79 Å². The minimum atomic E-state index is -1.06. The van der Waals surface area contributed by atoms with Gasteiger partial charge in [0.1, 0.15) is 11.0 Å². The fraction of sp³-hybridized carbons (Fsp3) is 0.105. The topological polar surface area (TPSA) is 117 Å². The summed E-state index contributed by atoms with van der Waals surface area (Å²) in [7, 11) is 0. The highest BCUT2D eigenvalue weighted by molar-refractivity contribution is 8.15. The summed E-state index contributed by atoms with van der Waals surface area (Å²) in [6.07, 6.45) is 1.15. The van der Waals surface area contributed by atoms with Crippen LogP contribution in [0.1, 0.15) is 22.3 Å². The van der Waals surface area contributed by atoms with Gasteiger partial charge in [-0.1, -0.05) is 42.1 Å². The summed E-state index contributed by atoms with van der Waals surface area (Å²) in [5.41, 5.74) is 1.08. The average Bonchev–Trinajstić information content (AvgIpc) is 3.01. The number of hydrogen-bond acceptors (Lipinski definition) is 7. The number of amidine groups is 1. The highest BCUT2D eigenvalue weighted by atomic mass is 32.2. The quantitative estimate of drug-likeness (QED) is 0.334. The molecule has 1 unspecified atom stereocenters. The van der Waals surface area contributed by atoms with Crippen molar-refractivity contribution in [2.75, 3.05) is 0 Å². The van der Waals surface area contributed by atoms with E-state index in [1.54, 1.807) is 48.5 Å². The molecule has 1 atom stereocenters. The van der Waals surface area contributed by atoms with Crippen LogP contribution in [0.2, 0.25) is 0 Å². The van der Waals surface area contributed by atoms with Crippen LogP contribution in [0.5, 0.6) is 5.75 Å². The van der Waals surface area contributed by atoms with Gasteiger partial charge in [0.25, 0.3) is 0 Å². The Morgan fingerprint density at radius 3 is 2.71 bits per heavy atom. The number of carbonyl (C=O) groups excluding carboxylic acids is 2. The number of nitrogens with zero attached hydrogens (tertiary/aromatic N) is 2. The molecule has 1 aliphatic rings. The molecule has 8 nitrogen and oxygen atoms in total. The standard InChI is InChI=1S/C19H15N3O5S/c23-16(24)10-15-17(25)21-19(28-15)22-20-11-12-5-4-8-14(9-12)27-18(26)13-6-2-1-3-7-13/h1-9,11,15H,10H2,(H,23,24)(H,21,22,25). The first kappa shape index (κ1) is 19.3. The third kappa shape index (κ3) is 5.27. The molecular formula is C19H15N3O5S. The summed E-state index contributed by atoms with van der Waals surface area (Å²) in [4.78, 5) is 34.4. The van der Waals surface area contributed by atoms with Gasteiger partial charge in [-0.2, -0.15) is 5.10 Å². The number of rotatable bonds is 6. The number of ether oxygens (including phenoxy) is 1. The van der Waals surface area contributed by atoms with E-state index in [2.05, 4.69) is 15.5 Å². The van der Waals surface area contributed by atoms with Gasteiger partial charge in [-0.05, 0) is 29.8 Å². The molecule has 0 bridgehead atoms. The maximum absolute atomic E-state index is 12.1. The molecule has 1 heterocycles. The number of carbonyl (C=O) groups is 3. The third-order valence-electron chi connectivity index (χ3n) is 3.57. The van der Waals surface area contributed by atoms with Crippen LogP contribution in [0.15, 0.2) is 64.8 Å². The van der Waals surface area contributed by atoms with E-state index in [0.29, 0.717) is 16.9 Å². The van der Waals surface area contributed by atoms with Crippen LogP contribution in [0.3, 0.4) is 0 Å². The van der Waals surface area contributed by atoms with Crippen molar-refractivity contribution in [1.82, 2.24) is 5.32 Å². The number of benzene rings is 2. The van der Waals surface area contributed by atoms with Crippen molar-refractivity contribution in [3.63, 3.8) is 0 Å². The zero-order chi connectivity index (χ0) is 19.9. The summed E-state index contributed by atoms with van der Waals surface area (Å²) in [6, 6.07) is 15.4. The van der Waals surface area contributed by atoms with E-state index in [9.17, 15) is 14.4 Å². The fourth-order valence-electron chi connectivity index (χ4n) is 2.29. The van der Waals surface area contributed by atoms with Gasteiger partial charge in [-0.15, -0.1) is 5.10 Å². The van der Waals surface area contributed by atoms with Gasteiger partial charge in [0.2, 0.25) is 5.91 Å². The van der Waals surface area contributed by atoms with Crippen LogP contribution in [0, 0.1) is 0 Å². The molecule has 2 aromatic carbocycles. The molecule has 142 valence electrons. The SMILES string of the molecule is O=C(O)CC1SC(=NN=Cc2cccc(OC(=O)c3ccccc3)c2)NC1=O. The second-order valence-corrected chi connectivity index (χ2v) is 6.86. The van der Waals surface area contributed by atoms with Gasteiger partial charge < -0.3 is 15.2 Å². The summed E-state index contributed by atoms with van der Waals surface area (Å²) in [5.74, 6) is -1.57. The smallest absolute Gasteiger partial charge is 0.343 e. The van der Waals surface area contributed by atoms with Crippen molar-refractivity contribution < 1.29 is 24.2 Å². The van der Waals surface area contributed by atoms with Crippen molar-refractivity contribution in [3.05, 3.63) is 65.7 Å². The first-order valence-corrected chi connectivity index (χ1v) is 9.07. The molecular weight excluding hydrogens is 382 g/mol. The van der Waals surface area contributed by atoms with Gasteiger partial charge in [-0.3, -0.25) is 9.59 Å². The molecule has 0 aliphatic carbocycles. The molecule has 1 saturated heterocycles. The average molecular weight is 397 g/mol. The Morgan fingerprint density at radius 2 is 1.96 bits per heavy atom. The van der Waals surface area contributed by atoms with Crippen LogP contribution in [0.4, 0.5) is 0 Å². The Bertz CT molecular complexity index is 959. The van der Waals surface area contributed by atoms with Gasteiger partial charge in [0, 0.05) is 0 Å². The maximum Gasteiger partial charge on any atom is 0.343 e. The van der Waals surface area contributed by atoms with E-state index in [1.165, 1.54) is 6.21 Å². The molecule has 0 radical (unpaired) electrons. The van der Waals surface area contributed by atoms with Crippen LogP contribution in [-0.2, 0) is 9.59 Å². The summed E-state index contributed by atoms with van der Waals surface area (Å²) < 4.78 is 5.33. The van der Waals surface area contributed by atoms with Gasteiger partial charge >= 0.3 is 11.9 Å². The van der Waals surface area contributed by atoms with E-state index in [-0.39, 0.29) is 11.6 Å². The Morgan fingerprint density at radius 1 is 1.18 bits per heavy atom. The minimum absolute atomic E-state index is 0.235. The monoisotopic (exact) mass is 397 g/mol. The zero-order valence-electron chi connectivity index (χ0n) is 14.4. The number of carboxylic acids is 1. The maximum atomic E-state index is 12.1. The Labute approximate surface area is 164 Å². The lowest BCUT2D eigenvalue weighted by molar-refractivity contribution is -0.138. The van der Waals surface area contributed by atoms with Crippen LogP contribution in [0.25, 0.3) is 0 Å². The van der Waals surface area contributed by atoms with E-state index >= 15 is 0 Å². The summed E-state index contributed by atoms with van der Waals surface area (Å²) in [6.45, 7) is 0. The number of hydrogen-bond donors (Lipinski definition) is 2. The van der Waals surface area contributed by atoms with Crippen molar-refractivity contribution in [3.8, 4) is 5.75 Å². The predicted molar refractivity (Wildman–Crippen MR) is 105 cm³/mol. The molecule has 28 heavy (non-hydrogen) atoms. The van der Waals surface area contributed by atoms with Crippen molar-refractivity contribution in [1.29, 1.82) is 0 Å². The zero-order valence-corrected chi connectivity index (χ0v) is 15.3. The minimum Gasteiger partial charge on any atom is -0.481 e. The number of aliphatic carboxylic acids is 1. The number of nitrogens with one attached hydrogen (secondary N) is 1. The lowest BCUT2D eigenvalue weighted by Gasteiger charge is -2.04. The molecule has 1 fully saturated rings. The highest BCUT2D eigenvalue weighted by Crippen LogP contribution is 2.22. The third-order valence-corrected chi connectivity index (χ3v) is 4.64. The second-order valence-electron chi connectivity index (χ2n) is 5.67.